The molecule has 0 fully saturated rings. The van der Waals surface area contributed by atoms with Gasteiger partial charge in [-0.25, -0.2) is 8.42 Å². The Balaban J connectivity index is 3.21. The van der Waals surface area contributed by atoms with Crippen LogP contribution in [0.1, 0.15) is 41.0 Å². The van der Waals surface area contributed by atoms with Gasteiger partial charge < -0.3 is 15.8 Å². The number of rotatable bonds is 10. The predicted octanol–water partition coefficient (Wildman–Crippen LogP) is 2.43. The Morgan fingerprint density at radius 3 is 2.35 bits per heavy atom. The van der Waals surface area contributed by atoms with Crippen LogP contribution in [0.25, 0.3) is 0 Å². The molecule has 26 heavy (non-hydrogen) atoms. The quantitative estimate of drug-likeness (QED) is 0.644. The highest BCUT2D eigenvalue weighted by Gasteiger charge is 2.26. The predicted molar refractivity (Wildman–Crippen MR) is 104 cm³/mol. The molecule has 0 saturated carbocycles. The van der Waals surface area contributed by atoms with Gasteiger partial charge in [0, 0.05) is 18.8 Å². The maximum Gasteiger partial charge on any atom is 0.246 e. The van der Waals surface area contributed by atoms with Gasteiger partial charge in [-0.1, -0.05) is 27.7 Å². The number of carbonyl (C=O) groups excluding carboxylic acids is 1. The Hall–Kier alpha value is -1.64. The molecular weight excluding hydrogens is 354 g/mol. The first kappa shape index (κ1) is 22.4. The van der Waals surface area contributed by atoms with E-state index in [1.54, 1.807) is 32.9 Å². The molecule has 1 rings (SSSR count). The molecule has 0 heterocycles. The van der Waals surface area contributed by atoms with E-state index in [4.69, 9.17) is 10.5 Å². The summed E-state index contributed by atoms with van der Waals surface area (Å²) in [5.41, 5.74) is 6.27. The van der Waals surface area contributed by atoms with Gasteiger partial charge in [-0.2, -0.15) is 4.31 Å². The lowest BCUT2D eigenvalue weighted by Gasteiger charge is -2.21. The zero-order valence-corrected chi connectivity index (χ0v) is 17.1. The molecule has 0 aliphatic carbocycles. The average Bonchev–Trinajstić information content (AvgIpc) is 2.56. The molecule has 0 radical (unpaired) electrons. The van der Waals surface area contributed by atoms with Crippen LogP contribution in [-0.4, -0.2) is 44.4 Å². The van der Waals surface area contributed by atoms with Crippen molar-refractivity contribution in [1.82, 2.24) is 4.31 Å². The van der Waals surface area contributed by atoms with Crippen LogP contribution in [0.2, 0.25) is 0 Å². The lowest BCUT2D eigenvalue weighted by Crippen LogP contribution is -2.36. The van der Waals surface area contributed by atoms with E-state index in [1.165, 1.54) is 10.4 Å². The van der Waals surface area contributed by atoms with Crippen molar-refractivity contribution in [2.24, 2.45) is 11.7 Å². The first-order chi connectivity index (χ1) is 12.2. The summed E-state index contributed by atoms with van der Waals surface area (Å²) < 4.78 is 32.7. The van der Waals surface area contributed by atoms with E-state index >= 15 is 0 Å². The van der Waals surface area contributed by atoms with E-state index in [-0.39, 0.29) is 22.5 Å². The number of carbonyl (C=O) groups is 1. The Bertz CT molecular complexity index is 700. The minimum absolute atomic E-state index is 0.0401. The molecule has 7 nitrogen and oxygen atoms in total. The van der Waals surface area contributed by atoms with Gasteiger partial charge in [-0.15, -0.1) is 0 Å². The lowest BCUT2D eigenvalue weighted by atomic mass is 10.0. The number of anilines is 1. The third kappa shape index (κ3) is 5.69. The number of nitrogens with two attached hydrogens (primary N) is 1. The molecule has 0 bridgehead atoms. The van der Waals surface area contributed by atoms with Crippen molar-refractivity contribution in [3.63, 3.8) is 0 Å². The van der Waals surface area contributed by atoms with Crippen LogP contribution in [0.5, 0.6) is 5.75 Å². The van der Waals surface area contributed by atoms with Crippen molar-refractivity contribution in [2.75, 3.05) is 25.0 Å². The van der Waals surface area contributed by atoms with E-state index in [0.29, 0.717) is 31.8 Å². The normalized spacial score (nSPS) is 13.1. The van der Waals surface area contributed by atoms with Gasteiger partial charge >= 0.3 is 0 Å². The maximum atomic E-state index is 12.9. The fourth-order valence-corrected chi connectivity index (χ4v) is 4.23. The van der Waals surface area contributed by atoms with Gasteiger partial charge in [0.25, 0.3) is 0 Å². The summed E-state index contributed by atoms with van der Waals surface area (Å²) in [5, 5.41) is 2.70. The Morgan fingerprint density at radius 2 is 1.85 bits per heavy atom. The van der Waals surface area contributed by atoms with E-state index in [1.807, 2.05) is 13.8 Å². The van der Waals surface area contributed by atoms with Gasteiger partial charge in [0.05, 0.1) is 12.6 Å². The van der Waals surface area contributed by atoms with Crippen molar-refractivity contribution in [3.8, 4) is 5.75 Å². The van der Waals surface area contributed by atoms with Crippen molar-refractivity contribution in [1.29, 1.82) is 0 Å². The van der Waals surface area contributed by atoms with E-state index in [9.17, 15) is 13.2 Å². The first-order valence-corrected chi connectivity index (χ1v) is 10.4. The summed E-state index contributed by atoms with van der Waals surface area (Å²) in [6, 6.07) is 3.96. The van der Waals surface area contributed by atoms with Crippen LogP contribution < -0.4 is 15.8 Å². The Labute approximate surface area is 156 Å². The second-order valence-electron chi connectivity index (χ2n) is 6.41. The first-order valence-electron chi connectivity index (χ1n) is 9.00. The standard InChI is InChI=1S/C18H31N3O4S/c1-6-21(7-2)26(23,24)17-12-14(9-10-16(17)25-8-3)20-18(22)15(19)11-13(4)5/h9-10,12-13,15H,6-8,11,19H2,1-5H3,(H,20,22)/t15-/m0/s1. The maximum absolute atomic E-state index is 12.9. The molecule has 3 N–H and O–H groups in total. The van der Waals surface area contributed by atoms with E-state index in [0.717, 1.165) is 0 Å². The molecular formula is C18H31N3O4S. The fourth-order valence-electron chi connectivity index (χ4n) is 2.61. The number of amides is 1. The SMILES string of the molecule is CCOc1ccc(NC(=O)[C@@H](N)CC(C)C)cc1S(=O)(=O)N(CC)CC. The molecule has 1 amide bonds. The van der Waals surface area contributed by atoms with Crippen LogP contribution in [0.3, 0.4) is 0 Å². The van der Waals surface area contributed by atoms with Crippen LogP contribution >= 0.6 is 0 Å². The lowest BCUT2D eigenvalue weighted by molar-refractivity contribution is -0.117. The number of benzene rings is 1. The monoisotopic (exact) mass is 385 g/mol. The van der Waals surface area contributed by atoms with Crippen molar-refractivity contribution >= 4 is 21.6 Å². The Morgan fingerprint density at radius 1 is 1.23 bits per heavy atom. The third-order valence-electron chi connectivity index (χ3n) is 3.90. The molecule has 1 aromatic rings. The minimum Gasteiger partial charge on any atom is -0.492 e. The smallest absolute Gasteiger partial charge is 0.246 e. The molecule has 0 aliphatic rings. The van der Waals surface area contributed by atoms with Gasteiger partial charge in [-0.3, -0.25) is 4.79 Å². The number of ether oxygens (including phenoxy) is 1. The van der Waals surface area contributed by atoms with Crippen molar-refractivity contribution in [2.45, 2.75) is 52.0 Å². The highest BCUT2D eigenvalue weighted by molar-refractivity contribution is 7.89. The zero-order chi connectivity index (χ0) is 19.9. The van der Waals surface area contributed by atoms with Gasteiger partial charge in [0.1, 0.15) is 10.6 Å². The summed E-state index contributed by atoms with van der Waals surface area (Å²) in [6.07, 6.45) is 0.549. The molecule has 1 aromatic carbocycles. The van der Waals surface area contributed by atoms with Crippen LogP contribution in [0.15, 0.2) is 23.1 Å². The third-order valence-corrected chi connectivity index (χ3v) is 5.97. The largest absolute Gasteiger partial charge is 0.492 e. The van der Waals surface area contributed by atoms with Gasteiger partial charge in [0.2, 0.25) is 15.9 Å². The summed E-state index contributed by atoms with van der Waals surface area (Å²) in [4.78, 5) is 12.3. The molecule has 1 atom stereocenters. The second-order valence-corrected chi connectivity index (χ2v) is 8.32. The topological polar surface area (TPSA) is 102 Å². The highest BCUT2D eigenvalue weighted by atomic mass is 32.2. The molecule has 8 heteroatoms. The Kier molecular flexibility index (Phi) is 8.52. The van der Waals surface area contributed by atoms with E-state index in [2.05, 4.69) is 5.32 Å². The number of hydrogen-bond donors (Lipinski definition) is 2. The minimum atomic E-state index is -3.73. The summed E-state index contributed by atoms with van der Waals surface area (Å²) >= 11 is 0. The fraction of sp³-hybridized carbons (Fsp3) is 0.611. The van der Waals surface area contributed by atoms with Crippen molar-refractivity contribution in [3.05, 3.63) is 18.2 Å². The molecule has 0 aromatic heterocycles. The summed E-state index contributed by atoms with van der Waals surface area (Å²) in [6.45, 7) is 10.3. The number of nitrogens with zero attached hydrogens (tertiary/aromatic N) is 1. The molecule has 0 unspecified atom stereocenters. The highest BCUT2D eigenvalue weighted by Crippen LogP contribution is 2.30. The molecule has 0 aliphatic heterocycles. The molecule has 0 saturated heterocycles. The average molecular weight is 386 g/mol. The van der Waals surface area contributed by atoms with Gasteiger partial charge in [0.15, 0.2) is 0 Å². The van der Waals surface area contributed by atoms with Gasteiger partial charge in [-0.05, 0) is 37.5 Å². The van der Waals surface area contributed by atoms with E-state index < -0.39 is 16.1 Å². The van der Waals surface area contributed by atoms with Crippen LogP contribution in [0.4, 0.5) is 5.69 Å². The summed E-state index contributed by atoms with van der Waals surface area (Å²) in [5.74, 6) is 0.215. The van der Waals surface area contributed by atoms with Crippen LogP contribution in [0, 0.1) is 5.92 Å². The number of nitrogens with one attached hydrogen (secondary N) is 1. The number of sulfonamides is 1. The van der Waals surface area contributed by atoms with Crippen LogP contribution in [-0.2, 0) is 14.8 Å². The second kappa shape index (κ2) is 9.89. The molecule has 0 spiro atoms. The number of hydrogen-bond acceptors (Lipinski definition) is 5. The zero-order valence-electron chi connectivity index (χ0n) is 16.3. The molecule has 148 valence electrons. The van der Waals surface area contributed by atoms with Crippen molar-refractivity contribution < 1.29 is 17.9 Å². The summed E-state index contributed by atoms with van der Waals surface area (Å²) in [7, 11) is -3.73.